The molecule has 2 nitrogen and oxygen atoms in total. The lowest BCUT2D eigenvalue weighted by molar-refractivity contribution is -0.174. The third-order valence-electron chi connectivity index (χ3n) is 2.28. The van der Waals surface area contributed by atoms with E-state index in [4.69, 9.17) is 0 Å². The maximum absolute atomic E-state index is 11.7. The SMILES string of the molecule is CCCNC(CC)CCCOCC(F)(F)F. The second-order valence-corrected chi connectivity index (χ2v) is 3.87. The first-order valence-electron chi connectivity index (χ1n) is 5.87. The van der Waals surface area contributed by atoms with Gasteiger partial charge in [0.1, 0.15) is 6.61 Å². The van der Waals surface area contributed by atoms with E-state index in [0.29, 0.717) is 12.5 Å². The maximum atomic E-state index is 11.7. The highest BCUT2D eigenvalue weighted by molar-refractivity contribution is 4.64. The molecule has 0 rings (SSSR count). The molecule has 1 atom stereocenters. The monoisotopic (exact) mass is 241 g/mol. The molecule has 5 heteroatoms. The van der Waals surface area contributed by atoms with Gasteiger partial charge in [-0.05, 0) is 32.2 Å². The second-order valence-electron chi connectivity index (χ2n) is 3.87. The quantitative estimate of drug-likeness (QED) is 0.626. The first-order chi connectivity index (χ1) is 7.49. The van der Waals surface area contributed by atoms with Gasteiger partial charge in [0, 0.05) is 12.6 Å². The number of halogens is 3. The maximum Gasteiger partial charge on any atom is 0.411 e. The van der Waals surface area contributed by atoms with Gasteiger partial charge in [-0.3, -0.25) is 0 Å². The van der Waals surface area contributed by atoms with Crippen molar-refractivity contribution in [3.05, 3.63) is 0 Å². The van der Waals surface area contributed by atoms with Crippen molar-refractivity contribution in [1.29, 1.82) is 0 Å². The Morgan fingerprint density at radius 3 is 2.44 bits per heavy atom. The molecule has 0 aliphatic rings. The van der Waals surface area contributed by atoms with E-state index in [1.807, 2.05) is 0 Å². The standard InChI is InChI=1S/C11H22F3NO/c1-3-7-15-10(4-2)6-5-8-16-9-11(12,13)14/h10,15H,3-9H2,1-2H3. The average Bonchev–Trinajstić information content (AvgIpc) is 2.20. The van der Waals surface area contributed by atoms with E-state index in [0.717, 1.165) is 25.8 Å². The fourth-order valence-electron chi connectivity index (χ4n) is 1.42. The Kier molecular flexibility index (Phi) is 8.66. The van der Waals surface area contributed by atoms with Crippen LogP contribution in [0.1, 0.15) is 39.5 Å². The van der Waals surface area contributed by atoms with Crippen LogP contribution in [-0.4, -0.2) is 32.0 Å². The molecule has 1 unspecified atom stereocenters. The average molecular weight is 241 g/mol. The first kappa shape index (κ1) is 15.7. The van der Waals surface area contributed by atoms with E-state index >= 15 is 0 Å². The highest BCUT2D eigenvalue weighted by Crippen LogP contribution is 2.14. The molecule has 0 fully saturated rings. The van der Waals surface area contributed by atoms with Crippen LogP contribution in [0.15, 0.2) is 0 Å². The van der Waals surface area contributed by atoms with Gasteiger partial charge in [0.2, 0.25) is 0 Å². The van der Waals surface area contributed by atoms with Crippen molar-refractivity contribution in [3.63, 3.8) is 0 Å². The molecular formula is C11H22F3NO. The Morgan fingerprint density at radius 1 is 1.25 bits per heavy atom. The topological polar surface area (TPSA) is 21.3 Å². The van der Waals surface area contributed by atoms with Gasteiger partial charge in [-0.2, -0.15) is 13.2 Å². The zero-order valence-electron chi connectivity index (χ0n) is 10.1. The van der Waals surface area contributed by atoms with Crippen molar-refractivity contribution in [1.82, 2.24) is 5.32 Å². The number of alkyl halides is 3. The van der Waals surface area contributed by atoms with E-state index in [1.54, 1.807) is 0 Å². The van der Waals surface area contributed by atoms with Crippen LogP contribution in [0.5, 0.6) is 0 Å². The molecule has 16 heavy (non-hydrogen) atoms. The van der Waals surface area contributed by atoms with Crippen molar-refractivity contribution in [2.75, 3.05) is 19.8 Å². The van der Waals surface area contributed by atoms with Crippen LogP contribution < -0.4 is 5.32 Å². The summed E-state index contributed by atoms with van der Waals surface area (Å²) >= 11 is 0. The number of rotatable bonds is 9. The summed E-state index contributed by atoms with van der Waals surface area (Å²) in [5, 5.41) is 3.35. The largest absolute Gasteiger partial charge is 0.411 e. The Bertz CT molecular complexity index is 162. The lowest BCUT2D eigenvalue weighted by Crippen LogP contribution is -2.29. The van der Waals surface area contributed by atoms with E-state index < -0.39 is 12.8 Å². The molecule has 0 aromatic carbocycles. The number of hydrogen-bond acceptors (Lipinski definition) is 2. The third kappa shape index (κ3) is 10.2. The van der Waals surface area contributed by atoms with Crippen LogP contribution in [0.25, 0.3) is 0 Å². The Labute approximate surface area is 95.5 Å². The Morgan fingerprint density at radius 2 is 1.94 bits per heavy atom. The van der Waals surface area contributed by atoms with Gasteiger partial charge in [-0.25, -0.2) is 0 Å². The van der Waals surface area contributed by atoms with Crippen molar-refractivity contribution in [3.8, 4) is 0 Å². The smallest absolute Gasteiger partial charge is 0.372 e. The molecule has 0 heterocycles. The summed E-state index contributed by atoms with van der Waals surface area (Å²) in [6, 6.07) is 0.398. The molecule has 0 saturated carbocycles. The van der Waals surface area contributed by atoms with E-state index in [1.165, 1.54) is 0 Å². The van der Waals surface area contributed by atoms with Gasteiger partial charge in [-0.1, -0.05) is 13.8 Å². The van der Waals surface area contributed by atoms with Crippen LogP contribution >= 0.6 is 0 Å². The predicted octanol–water partition coefficient (Wildman–Crippen LogP) is 3.12. The van der Waals surface area contributed by atoms with Crippen LogP contribution in [0.4, 0.5) is 13.2 Å². The van der Waals surface area contributed by atoms with Crippen LogP contribution in [-0.2, 0) is 4.74 Å². The number of hydrogen-bond donors (Lipinski definition) is 1. The van der Waals surface area contributed by atoms with Gasteiger partial charge in [0.25, 0.3) is 0 Å². The van der Waals surface area contributed by atoms with E-state index in [9.17, 15) is 13.2 Å². The minimum absolute atomic E-state index is 0.184. The molecule has 0 aliphatic carbocycles. The molecule has 0 spiro atoms. The molecule has 0 aromatic heterocycles. The molecule has 1 N–H and O–H groups in total. The van der Waals surface area contributed by atoms with Crippen molar-refractivity contribution in [2.24, 2.45) is 0 Å². The molecular weight excluding hydrogens is 219 g/mol. The van der Waals surface area contributed by atoms with Gasteiger partial charge in [0.05, 0.1) is 0 Å². The summed E-state index contributed by atoms with van der Waals surface area (Å²) in [4.78, 5) is 0. The second kappa shape index (κ2) is 8.82. The van der Waals surface area contributed by atoms with Gasteiger partial charge in [0.15, 0.2) is 0 Å². The minimum atomic E-state index is -4.20. The minimum Gasteiger partial charge on any atom is -0.372 e. The fraction of sp³-hybridized carbons (Fsp3) is 1.00. The van der Waals surface area contributed by atoms with E-state index in [2.05, 4.69) is 23.9 Å². The molecule has 0 saturated heterocycles. The third-order valence-corrected chi connectivity index (χ3v) is 2.28. The van der Waals surface area contributed by atoms with Crippen LogP contribution in [0.3, 0.4) is 0 Å². The molecule has 0 amide bonds. The van der Waals surface area contributed by atoms with Gasteiger partial charge >= 0.3 is 6.18 Å². The van der Waals surface area contributed by atoms with Gasteiger partial charge in [-0.15, -0.1) is 0 Å². The van der Waals surface area contributed by atoms with Crippen molar-refractivity contribution >= 4 is 0 Å². The molecule has 0 radical (unpaired) electrons. The first-order valence-corrected chi connectivity index (χ1v) is 5.87. The van der Waals surface area contributed by atoms with Gasteiger partial charge < -0.3 is 10.1 Å². The Balaban J connectivity index is 3.41. The highest BCUT2D eigenvalue weighted by Gasteiger charge is 2.27. The number of ether oxygens (including phenoxy) is 1. The van der Waals surface area contributed by atoms with Crippen molar-refractivity contribution in [2.45, 2.75) is 51.7 Å². The Hall–Kier alpha value is -0.290. The lowest BCUT2D eigenvalue weighted by atomic mass is 10.1. The predicted molar refractivity (Wildman–Crippen MR) is 58.5 cm³/mol. The summed E-state index contributed by atoms with van der Waals surface area (Å²) in [6.07, 6.45) is -0.593. The van der Waals surface area contributed by atoms with Crippen LogP contribution in [0.2, 0.25) is 0 Å². The highest BCUT2D eigenvalue weighted by atomic mass is 19.4. The summed E-state index contributed by atoms with van der Waals surface area (Å²) in [6.45, 7) is 4.17. The summed E-state index contributed by atoms with van der Waals surface area (Å²) < 4.78 is 39.8. The number of nitrogens with one attached hydrogen (secondary N) is 1. The van der Waals surface area contributed by atoms with E-state index in [-0.39, 0.29) is 6.61 Å². The summed E-state index contributed by atoms with van der Waals surface area (Å²) in [5.41, 5.74) is 0. The molecule has 0 aliphatic heterocycles. The zero-order chi connectivity index (χ0) is 12.4. The van der Waals surface area contributed by atoms with Crippen LogP contribution in [0, 0.1) is 0 Å². The lowest BCUT2D eigenvalue weighted by Gasteiger charge is -2.16. The fourth-order valence-corrected chi connectivity index (χ4v) is 1.42. The van der Waals surface area contributed by atoms with Crippen molar-refractivity contribution < 1.29 is 17.9 Å². The summed E-state index contributed by atoms with van der Waals surface area (Å²) in [5.74, 6) is 0. The molecule has 0 aromatic rings. The summed E-state index contributed by atoms with van der Waals surface area (Å²) in [7, 11) is 0. The zero-order valence-corrected chi connectivity index (χ0v) is 10.1. The normalized spacial score (nSPS) is 14.1. The molecule has 0 bridgehead atoms. The molecule has 98 valence electrons.